The van der Waals surface area contributed by atoms with Gasteiger partial charge in [0.05, 0.1) is 0 Å². The Balaban J connectivity index is 1.52. The van der Waals surface area contributed by atoms with Gasteiger partial charge in [0.15, 0.2) is 0 Å². The van der Waals surface area contributed by atoms with Crippen LogP contribution in [0.5, 0.6) is 0 Å². The lowest BCUT2D eigenvalue weighted by atomic mass is 10.1. The summed E-state index contributed by atoms with van der Waals surface area (Å²) in [6.45, 7) is 7.65. The second kappa shape index (κ2) is 9.39. The predicted molar refractivity (Wildman–Crippen MR) is 133 cm³/mol. The number of hydrogen-bond donors (Lipinski definition) is 2. The molecule has 1 aliphatic rings. The van der Waals surface area contributed by atoms with E-state index in [9.17, 15) is 14.4 Å². The van der Waals surface area contributed by atoms with Crippen molar-refractivity contribution in [2.24, 2.45) is 0 Å². The first-order valence-corrected chi connectivity index (χ1v) is 11.3. The standard InChI is InChI=1S/C27H28N4O3/c1-5-20-9-11-23(12-10-20)31-18(3)14-21(19(31)4)15-24-26(33)30(27(34)29-24)16-25(32)28-22-8-6-7-17(2)13-22/h6-15H,5,16H2,1-4H3,(H,28,32)(H,29,34)/b24-15+. The van der Waals surface area contributed by atoms with Crippen LogP contribution < -0.4 is 10.6 Å². The van der Waals surface area contributed by atoms with Gasteiger partial charge in [0, 0.05) is 22.8 Å². The third-order valence-corrected chi connectivity index (χ3v) is 5.94. The fourth-order valence-corrected chi connectivity index (χ4v) is 4.15. The summed E-state index contributed by atoms with van der Waals surface area (Å²) in [5.41, 5.74) is 6.85. The molecule has 0 atom stereocenters. The molecule has 2 heterocycles. The monoisotopic (exact) mass is 456 g/mol. The summed E-state index contributed by atoms with van der Waals surface area (Å²) in [5, 5.41) is 5.33. The number of rotatable bonds is 6. The van der Waals surface area contributed by atoms with Crippen LogP contribution in [0.4, 0.5) is 10.5 Å². The average molecular weight is 457 g/mol. The van der Waals surface area contributed by atoms with Gasteiger partial charge in [-0.1, -0.05) is 31.2 Å². The molecule has 0 unspecified atom stereocenters. The maximum Gasteiger partial charge on any atom is 0.329 e. The Morgan fingerprint density at radius 3 is 2.44 bits per heavy atom. The van der Waals surface area contributed by atoms with Gasteiger partial charge < -0.3 is 15.2 Å². The summed E-state index contributed by atoms with van der Waals surface area (Å²) >= 11 is 0. The van der Waals surface area contributed by atoms with Crippen LogP contribution in [0, 0.1) is 20.8 Å². The minimum atomic E-state index is -0.611. The molecule has 0 bridgehead atoms. The normalized spacial score (nSPS) is 14.6. The highest BCUT2D eigenvalue weighted by molar-refractivity contribution is 6.16. The van der Waals surface area contributed by atoms with Crippen molar-refractivity contribution in [1.29, 1.82) is 0 Å². The van der Waals surface area contributed by atoms with Gasteiger partial charge >= 0.3 is 6.03 Å². The van der Waals surface area contributed by atoms with Crippen LogP contribution >= 0.6 is 0 Å². The van der Waals surface area contributed by atoms with Crippen molar-refractivity contribution < 1.29 is 14.4 Å². The topological polar surface area (TPSA) is 83.4 Å². The van der Waals surface area contributed by atoms with Crippen molar-refractivity contribution in [1.82, 2.24) is 14.8 Å². The molecule has 4 amide bonds. The first-order chi connectivity index (χ1) is 16.3. The van der Waals surface area contributed by atoms with E-state index >= 15 is 0 Å². The zero-order chi connectivity index (χ0) is 24.4. The molecule has 2 aromatic carbocycles. The van der Waals surface area contributed by atoms with Crippen molar-refractivity contribution >= 4 is 29.6 Å². The first kappa shape index (κ1) is 23.0. The predicted octanol–water partition coefficient (Wildman–Crippen LogP) is 4.50. The second-order valence-corrected chi connectivity index (χ2v) is 8.48. The van der Waals surface area contributed by atoms with Gasteiger partial charge in [-0.2, -0.15) is 0 Å². The number of aromatic nitrogens is 1. The van der Waals surface area contributed by atoms with E-state index in [2.05, 4.69) is 46.4 Å². The van der Waals surface area contributed by atoms with Crippen LogP contribution in [0.2, 0.25) is 0 Å². The Morgan fingerprint density at radius 1 is 1.03 bits per heavy atom. The van der Waals surface area contributed by atoms with Gasteiger partial charge in [-0.05, 0) is 80.3 Å². The zero-order valence-corrected chi connectivity index (χ0v) is 19.8. The summed E-state index contributed by atoms with van der Waals surface area (Å²) in [6.07, 6.45) is 2.64. The molecule has 1 saturated heterocycles. The Kier molecular flexibility index (Phi) is 6.36. The fourth-order valence-electron chi connectivity index (χ4n) is 4.15. The molecule has 7 nitrogen and oxygen atoms in total. The molecule has 2 N–H and O–H groups in total. The number of anilines is 1. The van der Waals surface area contributed by atoms with Crippen molar-refractivity contribution in [3.05, 3.63) is 88.4 Å². The molecule has 1 aliphatic heterocycles. The zero-order valence-electron chi connectivity index (χ0n) is 19.8. The molecule has 0 aliphatic carbocycles. The van der Waals surface area contributed by atoms with Gasteiger partial charge in [-0.15, -0.1) is 0 Å². The summed E-state index contributed by atoms with van der Waals surface area (Å²) in [4.78, 5) is 38.7. The molecule has 3 aromatic rings. The molecule has 1 aromatic heterocycles. The average Bonchev–Trinajstić information content (AvgIpc) is 3.23. The molecule has 0 radical (unpaired) electrons. The maximum absolute atomic E-state index is 12.9. The molecular weight excluding hydrogens is 428 g/mol. The lowest BCUT2D eigenvalue weighted by Crippen LogP contribution is -2.38. The summed E-state index contributed by atoms with van der Waals surface area (Å²) in [7, 11) is 0. The second-order valence-electron chi connectivity index (χ2n) is 8.48. The largest absolute Gasteiger partial charge is 0.329 e. The molecule has 174 valence electrons. The Labute approximate surface area is 199 Å². The van der Waals surface area contributed by atoms with Crippen molar-refractivity contribution in [3.63, 3.8) is 0 Å². The van der Waals surface area contributed by atoms with E-state index in [0.717, 1.165) is 39.5 Å². The molecule has 34 heavy (non-hydrogen) atoms. The Bertz CT molecular complexity index is 1300. The van der Waals surface area contributed by atoms with E-state index in [1.165, 1.54) is 5.56 Å². The number of amides is 4. The molecule has 0 saturated carbocycles. The Hall–Kier alpha value is -4.13. The number of imide groups is 1. The van der Waals surface area contributed by atoms with Gasteiger partial charge in [0.2, 0.25) is 5.91 Å². The van der Waals surface area contributed by atoms with Crippen LogP contribution in [0.25, 0.3) is 11.8 Å². The lowest BCUT2D eigenvalue weighted by molar-refractivity contribution is -0.127. The minimum Gasteiger partial charge on any atom is -0.325 e. The van der Waals surface area contributed by atoms with E-state index in [0.29, 0.717) is 5.69 Å². The van der Waals surface area contributed by atoms with Crippen LogP contribution in [-0.4, -0.2) is 33.9 Å². The quantitative estimate of drug-likeness (QED) is 0.423. The van der Waals surface area contributed by atoms with Crippen LogP contribution in [-0.2, 0) is 16.0 Å². The van der Waals surface area contributed by atoms with Crippen LogP contribution in [0.1, 0.15) is 35.0 Å². The van der Waals surface area contributed by atoms with Crippen LogP contribution in [0.3, 0.4) is 0 Å². The number of carbonyl (C=O) groups is 3. The smallest absolute Gasteiger partial charge is 0.325 e. The van der Waals surface area contributed by atoms with E-state index in [1.54, 1.807) is 12.1 Å². The maximum atomic E-state index is 12.9. The number of nitrogens with zero attached hydrogens (tertiary/aromatic N) is 2. The fraction of sp³-hybridized carbons (Fsp3) is 0.222. The highest BCUT2D eigenvalue weighted by Gasteiger charge is 2.35. The third-order valence-electron chi connectivity index (χ3n) is 5.94. The molecule has 7 heteroatoms. The summed E-state index contributed by atoms with van der Waals surface area (Å²) in [6, 6.07) is 17.0. The van der Waals surface area contributed by atoms with Crippen molar-refractivity contribution in [2.45, 2.75) is 34.1 Å². The number of carbonyl (C=O) groups excluding carboxylic acids is 3. The third kappa shape index (κ3) is 4.64. The molecular formula is C27H28N4O3. The SMILES string of the molecule is CCc1ccc(-n2c(C)cc(/C=C3/NC(=O)N(CC(=O)Nc4cccc(C)c4)C3=O)c2C)cc1. The van der Waals surface area contributed by atoms with Gasteiger partial charge in [-0.25, -0.2) is 9.69 Å². The van der Waals surface area contributed by atoms with Gasteiger partial charge in [-0.3, -0.25) is 9.59 Å². The Morgan fingerprint density at radius 2 is 1.76 bits per heavy atom. The summed E-state index contributed by atoms with van der Waals surface area (Å²) < 4.78 is 2.11. The van der Waals surface area contributed by atoms with E-state index < -0.39 is 17.8 Å². The lowest BCUT2D eigenvalue weighted by Gasteiger charge is -2.12. The highest BCUT2D eigenvalue weighted by Crippen LogP contribution is 2.24. The van der Waals surface area contributed by atoms with Crippen LogP contribution in [0.15, 0.2) is 60.3 Å². The molecule has 1 fully saturated rings. The molecule has 0 spiro atoms. The highest BCUT2D eigenvalue weighted by atomic mass is 16.2. The number of aryl methyl sites for hydroxylation is 3. The number of benzene rings is 2. The minimum absolute atomic E-state index is 0.148. The number of nitrogens with one attached hydrogen (secondary N) is 2. The van der Waals surface area contributed by atoms with Crippen molar-refractivity contribution in [2.75, 3.05) is 11.9 Å². The van der Waals surface area contributed by atoms with E-state index in [-0.39, 0.29) is 12.2 Å². The number of urea groups is 1. The van der Waals surface area contributed by atoms with E-state index in [1.807, 2.05) is 45.0 Å². The van der Waals surface area contributed by atoms with Gasteiger partial charge in [0.1, 0.15) is 12.2 Å². The molecule has 4 rings (SSSR count). The van der Waals surface area contributed by atoms with Gasteiger partial charge in [0.25, 0.3) is 5.91 Å². The van der Waals surface area contributed by atoms with E-state index in [4.69, 9.17) is 0 Å². The van der Waals surface area contributed by atoms with Crippen molar-refractivity contribution in [3.8, 4) is 5.69 Å². The summed E-state index contributed by atoms with van der Waals surface area (Å²) in [5.74, 6) is -0.967. The first-order valence-electron chi connectivity index (χ1n) is 11.3. The number of hydrogen-bond acceptors (Lipinski definition) is 3.